The fraction of sp³-hybridized carbons (Fsp3) is 0.333. The standard InChI is InChI=1S/C18H22ClNO/c1-14(20(2)3)11-12-21-18-10-9-16(19)13-17(18)15-7-5-4-6-8-15/h4-10,13-14H,11-12H2,1-3H3. The third-order valence-electron chi connectivity index (χ3n) is 3.70. The van der Waals surface area contributed by atoms with Crippen molar-refractivity contribution >= 4 is 11.6 Å². The van der Waals surface area contributed by atoms with Gasteiger partial charge in [0.25, 0.3) is 0 Å². The molecule has 2 nitrogen and oxygen atoms in total. The Morgan fingerprint density at radius 3 is 2.48 bits per heavy atom. The quantitative estimate of drug-likeness (QED) is 0.765. The minimum atomic E-state index is 0.498. The van der Waals surface area contributed by atoms with Gasteiger partial charge in [-0.3, -0.25) is 0 Å². The van der Waals surface area contributed by atoms with Crippen LogP contribution in [0.2, 0.25) is 5.02 Å². The normalized spacial score (nSPS) is 12.4. The van der Waals surface area contributed by atoms with E-state index in [0.29, 0.717) is 12.6 Å². The van der Waals surface area contributed by atoms with E-state index < -0.39 is 0 Å². The first kappa shape index (κ1) is 15.9. The number of benzene rings is 2. The van der Waals surface area contributed by atoms with E-state index in [1.807, 2.05) is 36.4 Å². The summed E-state index contributed by atoms with van der Waals surface area (Å²) in [5.74, 6) is 0.886. The van der Waals surface area contributed by atoms with Crippen molar-refractivity contribution in [1.82, 2.24) is 4.90 Å². The van der Waals surface area contributed by atoms with Crippen LogP contribution >= 0.6 is 11.6 Å². The van der Waals surface area contributed by atoms with Crippen molar-refractivity contribution in [3.8, 4) is 16.9 Å². The predicted molar refractivity (Wildman–Crippen MR) is 90.1 cm³/mol. The minimum absolute atomic E-state index is 0.498. The zero-order valence-electron chi connectivity index (χ0n) is 12.8. The molecular formula is C18H22ClNO. The zero-order chi connectivity index (χ0) is 15.2. The van der Waals surface area contributed by atoms with E-state index in [9.17, 15) is 0 Å². The fourth-order valence-electron chi connectivity index (χ4n) is 2.07. The summed E-state index contributed by atoms with van der Waals surface area (Å²) in [7, 11) is 4.17. The van der Waals surface area contributed by atoms with E-state index in [-0.39, 0.29) is 0 Å². The van der Waals surface area contributed by atoms with Crippen molar-refractivity contribution < 1.29 is 4.74 Å². The molecule has 3 heteroatoms. The maximum absolute atomic E-state index is 6.13. The molecule has 0 aliphatic carbocycles. The molecule has 0 heterocycles. The summed E-state index contributed by atoms with van der Waals surface area (Å²) in [6.45, 7) is 2.89. The molecule has 0 spiro atoms. The highest BCUT2D eigenvalue weighted by Gasteiger charge is 2.09. The van der Waals surface area contributed by atoms with Gasteiger partial charge in [-0.15, -0.1) is 0 Å². The van der Waals surface area contributed by atoms with Crippen LogP contribution in [0.5, 0.6) is 5.75 Å². The number of hydrogen-bond donors (Lipinski definition) is 0. The SMILES string of the molecule is CC(CCOc1ccc(Cl)cc1-c1ccccc1)N(C)C. The van der Waals surface area contributed by atoms with Gasteiger partial charge in [0, 0.05) is 16.6 Å². The van der Waals surface area contributed by atoms with Crippen LogP contribution in [0.15, 0.2) is 48.5 Å². The Labute approximate surface area is 132 Å². The Balaban J connectivity index is 2.13. The number of hydrogen-bond acceptors (Lipinski definition) is 2. The highest BCUT2D eigenvalue weighted by molar-refractivity contribution is 6.31. The molecule has 2 rings (SSSR count). The summed E-state index contributed by atoms with van der Waals surface area (Å²) in [6.07, 6.45) is 0.990. The lowest BCUT2D eigenvalue weighted by Gasteiger charge is -2.20. The molecule has 21 heavy (non-hydrogen) atoms. The molecule has 0 N–H and O–H groups in total. The van der Waals surface area contributed by atoms with E-state index in [2.05, 4.69) is 38.1 Å². The molecule has 0 bridgehead atoms. The van der Waals surface area contributed by atoms with Gasteiger partial charge in [-0.2, -0.15) is 0 Å². The zero-order valence-corrected chi connectivity index (χ0v) is 13.6. The summed E-state index contributed by atoms with van der Waals surface area (Å²) in [5, 5.41) is 0.725. The third-order valence-corrected chi connectivity index (χ3v) is 3.94. The monoisotopic (exact) mass is 303 g/mol. The molecule has 0 aliphatic heterocycles. The molecule has 1 atom stereocenters. The number of rotatable bonds is 6. The number of nitrogens with zero attached hydrogens (tertiary/aromatic N) is 1. The Bertz CT molecular complexity index is 569. The first-order valence-corrected chi connectivity index (χ1v) is 7.60. The molecule has 0 saturated heterocycles. The molecule has 2 aromatic rings. The fourth-order valence-corrected chi connectivity index (χ4v) is 2.24. The van der Waals surface area contributed by atoms with Crippen LogP contribution in [-0.2, 0) is 0 Å². The Kier molecular flexibility index (Phi) is 5.66. The van der Waals surface area contributed by atoms with Gasteiger partial charge in [0.05, 0.1) is 6.61 Å². The largest absolute Gasteiger partial charge is 0.493 e. The molecule has 112 valence electrons. The summed E-state index contributed by atoms with van der Waals surface area (Å²) >= 11 is 6.13. The first-order valence-electron chi connectivity index (χ1n) is 7.22. The predicted octanol–water partition coefficient (Wildman–Crippen LogP) is 4.73. The lowest BCUT2D eigenvalue weighted by molar-refractivity contribution is 0.234. The molecule has 0 fully saturated rings. The minimum Gasteiger partial charge on any atom is -0.493 e. The van der Waals surface area contributed by atoms with Gasteiger partial charge in [0.1, 0.15) is 5.75 Å². The summed E-state index contributed by atoms with van der Waals surface area (Å²) in [6, 6.07) is 16.5. The van der Waals surface area contributed by atoms with Crippen LogP contribution in [-0.4, -0.2) is 31.6 Å². The van der Waals surface area contributed by atoms with E-state index in [0.717, 1.165) is 28.3 Å². The van der Waals surface area contributed by atoms with Crippen LogP contribution in [0, 0.1) is 0 Å². The van der Waals surface area contributed by atoms with Crippen LogP contribution in [0.4, 0.5) is 0 Å². The van der Waals surface area contributed by atoms with Gasteiger partial charge in [0.2, 0.25) is 0 Å². The van der Waals surface area contributed by atoms with E-state index >= 15 is 0 Å². The first-order chi connectivity index (χ1) is 10.1. The van der Waals surface area contributed by atoms with Crippen molar-refractivity contribution in [1.29, 1.82) is 0 Å². The van der Waals surface area contributed by atoms with Crippen LogP contribution in [0.1, 0.15) is 13.3 Å². The maximum atomic E-state index is 6.13. The summed E-state index contributed by atoms with van der Waals surface area (Å²) < 4.78 is 5.98. The molecule has 2 aromatic carbocycles. The van der Waals surface area contributed by atoms with Crippen LogP contribution in [0.25, 0.3) is 11.1 Å². The van der Waals surface area contributed by atoms with Crippen LogP contribution < -0.4 is 4.74 Å². The second-order valence-electron chi connectivity index (χ2n) is 5.46. The average Bonchev–Trinajstić information content (AvgIpc) is 2.49. The van der Waals surface area contributed by atoms with Gasteiger partial charge >= 0.3 is 0 Å². The maximum Gasteiger partial charge on any atom is 0.127 e. The average molecular weight is 304 g/mol. The summed E-state index contributed by atoms with van der Waals surface area (Å²) in [5.41, 5.74) is 2.16. The third kappa shape index (κ3) is 4.48. The van der Waals surface area contributed by atoms with Crippen LogP contribution in [0.3, 0.4) is 0 Å². The topological polar surface area (TPSA) is 12.5 Å². The van der Waals surface area contributed by atoms with Crippen molar-refractivity contribution in [2.75, 3.05) is 20.7 Å². The molecule has 0 radical (unpaired) electrons. The van der Waals surface area contributed by atoms with Crippen molar-refractivity contribution in [3.05, 3.63) is 53.6 Å². The van der Waals surface area contributed by atoms with Gasteiger partial charge in [-0.25, -0.2) is 0 Å². The molecule has 1 unspecified atom stereocenters. The van der Waals surface area contributed by atoms with Gasteiger partial charge < -0.3 is 9.64 Å². The highest BCUT2D eigenvalue weighted by atomic mass is 35.5. The van der Waals surface area contributed by atoms with E-state index in [1.54, 1.807) is 0 Å². The van der Waals surface area contributed by atoms with E-state index in [4.69, 9.17) is 16.3 Å². The lowest BCUT2D eigenvalue weighted by atomic mass is 10.0. The van der Waals surface area contributed by atoms with Gasteiger partial charge in [0.15, 0.2) is 0 Å². The smallest absolute Gasteiger partial charge is 0.127 e. The summed E-state index contributed by atoms with van der Waals surface area (Å²) in [4.78, 5) is 2.20. The van der Waals surface area contributed by atoms with Crippen molar-refractivity contribution in [3.63, 3.8) is 0 Å². The molecule has 0 amide bonds. The lowest BCUT2D eigenvalue weighted by Crippen LogP contribution is -2.26. The molecule has 0 aromatic heterocycles. The Hall–Kier alpha value is -1.51. The van der Waals surface area contributed by atoms with Crippen molar-refractivity contribution in [2.45, 2.75) is 19.4 Å². The van der Waals surface area contributed by atoms with Gasteiger partial charge in [-0.1, -0.05) is 41.9 Å². The van der Waals surface area contributed by atoms with Crippen molar-refractivity contribution in [2.24, 2.45) is 0 Å². The number of ether oxygens (including phenoxy) is 1. The van der Waals surface area contributed by atoms with E-state index in [1.165, 1.54) is 0 Å². The molecular weight excluding hydrogens is 282 g/mol. The second kappa shape index (κ2) is 7.48. The number of halogens is 1. The second-order valence-corrected chi connectivity index (χ2v) is 5.89. The van der Waals surface area contributed by atoms with Gasteiger partial charge in [-0.05, 0) is 51.2 Å². The molecule has 0 aliphatic rings. The molecule has 0 saturated carbocycles. The Morgan fingerprint density at radius 1 is 1.10 bits per heavy atom. The Morgan fingerprint density at radius 2 is 1.81 bits per heavy atom. The highest BCUT2D eigenvalue weighted by Crippen LogP contribution is 2.32.